The number of amides is 2. The Balaban J connectivity index is 1.30. The number of halogens is 1. The summed E-state index contributed by atoms with van der Waals surface area (Å²) in [5.74, 6) is -0.981. The van der Waals surface area contributed by atoms with E-state index in [1.54, 1.807) is 12.1 Å². The van der Waals surface area contributed by atoms with Crippen molar-refractivity contribution in [2.24, 2.45) is 5.92 Å². The number of alkyl halides is 1. The standard InChI is InChI=1S/C25H33FN4O4/c1-28-10-12-29(13-11-28)18-8-6-17(7-9-18)24(32)27-21(16-4-2-3-5-16)25(33)30-14-19(26)23-22(30)20(31)15-34-23/h6-9,16,19,21-23H,2-5,10-15H2,1H3,(H,27,32)/t19-,21+,22-,23-/m1/s1. The van der Waals surface area contributed by atoms with Crippen LogP contribution in [0.25, 0.3) is 0 Å². The minimum Gasteiger partial charge on any atom is -0.369 e. The SMILES string of the molecule is CN1CCN(c2ccc(C(=O)N[C@H](C(=O)N3C[C@@H](F)[C@H]4OCC(=O)[C@H]43)C3CCCC3)cc2)CC1. The highest BCUT2D eigenvalue weighted by molar-refractivity contribution is 5.99. The number of hydrogen-bond donors (Lipinski definition) is 1. The Labute approximate surface area is 199 Å². The number of ether oxygens (including phenoxy) is 1. The molecule has 5 rings (SSSR count). The molecule has 0 spiro atoms. The van der Waals surface area contributed by atoms with Crippen molar-refractivity contribution in [3.63, 3.8) is 0 Å². The van der Waals surface area contributed by atoms with E-state index < -0.39 is 24.4 Å². The minimum atomic E-state index is -1.39. The number of ketones is 1. The monoisotopic (exact) mass is 472 g/mol. The van der Waals surface area contributed by atoms with E-state index in [0.717, 1.165) is 57.5 Å². The molecule has 1 aromatic rings. The Morgan fingerprint density at radius 3 is 2.44 bits per heavy atom. The van der Waals surface area contributed by atoms with Crippen molar-refractivity contribution in [2.45, 2.75) is 50.0 Å². The van der Waals surface area contributed by atoms with Crippen molar-refractivity contribution in [2.75, 3.05) is 51.3 Å². The molecule has 3 saturated heterocycles. The van der Waals surface area contributed by atoms with Crippen LogP contribution >= 0.6 is 0 Å². The van der Waals surface area contributed by atoms with Crippen LogP contribution in [0.2, 0.25) is 0 Å². The first-order valence-corrected chi connectivity index (χ1v) is 12.4. The Hall–Kier alpha value is -2.52. The maximum absolute atomic E-state index is 14.5. The van der Waals surface area contributed by atoms with E-state index >= 15 is 0 Å². The second-order valence-electron chi connectivity index (χ2n) is 10.0. The molecule has 1 aromatic carbocycles. The summed E-state index contributed by atoms with van der Waals surface area (Å²) in [6.45, 7) is 3.54. The summed E-state index contributed by atoms with van der Waals surface area (Å²) in [5, 5.41) is 2.94. The van der Waals surface area contributed by atoms with Gasteiger partial charge in [-0.15, -0.1) is 0 Å². The maximum atomic E-state index is 14.5. The number of nitrogens with one attached hydrogen (secondary N) is 1. The quantitative estimate of drug-likeness (QED) is 0.695. The highest BCUT2D eigenvalue weighted by atomic mass is 19.1. The van der Waals surface area contributed by atoms with Crippen LogP contribution in [0.3, 0.4) is 0 Å². The molecule has 0 radical (unpaired) electrons. The fourth-order valence-corrected chi connectivity index (χ4v) is 5.79. The zero-order valence-electron chi connectivity index (χ0n) is 19.6. The van der Waals surface area contributed by atoms with Crippen LogP contribution in [0.4, 0.5) is 10.1 Å². The number of hydrogen-bond acceptors (Lipinski definition) is 6. The van der Waals surface area contributed by atoms with Crippen molar-refractivity contribution in [1.29, 1.82) is 0 Å². The van der Waals surface area contributed by atoms with Gasteiger partial charge in [0.15, 0.2) is 5.78 Å². The van der Waals surface area contributed by atoms with Gasteiger partial charge < -0.3 is 24.8 Å². The number of carbonyl (C=O) groups excluding carboxylic acids is 3. The van der Waals surface area contributed by atoms with Gasteiger partial charge in [0.1, 0.15) is 31.0 Å². The first kappa shape index (κ1) is 23.2. The van der Waals surface area contributed by atoms with Gasteiger partial charge in [-0.05, 0) is 50.1 Å². The van der Waals surface area contributed by atoms with E-state index in [1.807, 2.05) is 12.1 Å². The molecule has 4 aliphatic rings. The molecule has 1 aliphatic carbocycles. The number of benzene rings is 1. The van der Waals surface area contributed by atoms with Crippen molar-refractivity contribution >= 4 is 23.3 Å². The molecule has 3 heterocycles. The number of fused-ring (bicyclic) bond motifs is 1. The summed E-state index contributed by atoms with van der Waals surface area (Å²) in [6, 6.07) is 5.81. The Kier molecular flexibility index (Phi) is 6.57. The lowest BCUT2D eigenvalue weighted by Crippen LogP contribution is -2.54. The third kappa shape index (κ3) is 4.43. The summed E-state index contributed by atoms with van der Waals surface area (Å²) < 4.78 is 19.8. The van der Waals surface area contributed by atoms with E-state index in [1.165, 1.54) is 4.90 Å². The molecule has 4 atom stereocenters. The van der Waals surface area contributed by atoms with Crippen LogP contribution in [0.5, 0.6) is 0 Å². The predicted molar refractivity (Wildman–Crippen MR) is 125 cm³/mol. The number of rotatable bonds is 5. The Morgan fingerprint density at radius 2 is 1.76 bits per heavy atom. The lowest BCUT2D eigenvalue weighted by Gasteiger charge is -2.34. The summed E-state index contributed by atoms with van der Waals surface area (Å²) >= 11 is 0. The molecular formula is C25H33FN4O4. The fourth-order valence-electron chi connectivity index (χ4n) is 5.79. The first-order valence-electron chi connectivity index (χ1n) is 12.4. The largest absolute Gasteiger partial charge is 0.369 e. The normalized spacial score (nSPS) is 28.9. The lowest BCUT2D eigenvalue weighted by molar-refractivity contribution is -0.139. The summed E-state index contributed by atoms with van der Waals surface area (Å²) in [5.41, 5.74) is 1.56. The molecule has 4 fully saturated rings. The molecule has 3 aliphatic heterocycles. The molecule has 184 valence electrons. The number of anilines is 1. The summed E-state index contributed by atoms with van der Waals surface area (Å²) in [7, 11) is 2.11. The van der Waals surface area contributed by atoms with E-state index in [9.17, 15) is 18.8 Å². The molecule has 0 aromatic heterocycles. The van der Waals surface area contributed by atoms with Gasteiger partial charge in [-0.1, -0.05) is 12.8 Å². The van der Waals surface area contributed by atoms with Crippen LogP contribution in [-0.4, -0.2) is 98.1 Å². The van der Waals surface area contributed by atoms with Crippen molar-refractivity contribution in [1.82, 2.24) is 15.1 Å². The topological polar surface area (TPSA) is 82.2 Å². The van der Waals surface area contributed by atoms with Gasteiger partial charge in [-0.2, -0.15) is 0 Å². The molecule has 34 heavy (non-hydrogen) atoms. The van der Waals surface area contributed by atoms with Gasteiger partial charge in [0.25, 0.3) is 5.91 Å². The molecule has 2 amide bonds. The van der Waals surface area contributed by atoms with Crippen molar-refractivity contribution in [3.8, 4) is 0 Å². The Morgan fingerprint density at radius 1 is 1.09 bits per heavy atom. The van der Waals surface area contributed by atoms with Crippen molar-refractivity contribution in [3.05, 3.63) is 29.8 Å². The highest BCUT2D eigenvalue weighted by Gasteiger charge is 2.54. The first-order chi connectivity index (χ1) is 16.4. The van der Waals surface area contributed by atoms with E-state index in [-0.39, 0.29) is 36.7 Å². The van der Waals surface area contributed by atoms with E-state index in [2.05, 4.69) is 22.2 Å². The highest BCUT2D eigenvalue weighted by Crippen LogP contribution is 2.33. The number of carbonyl (C=O) groups is 3. The third-order valence-corrected chi connectivity index (χ3v) is 7.83. The lowest BCUT2D eigenvalue weighted by atomic mass is 9.95. The number of Topliss-reactive ketones (excluding diaryl/α,β-unsaturated/α-hetero) is 1. The average molecular weight is 473 g/mol. The Bertz CT molecular complexity index is 927. The van der Waals surface area contributed by atoms with Crippen LogP contribution in [-0.2, 0) is 14.3 Å². The number of nitrogens with zero attached hydrogens (tertiary/aromatic N) is 3. The second-order valence-corrected chi connectivity index (χ2v) is 10.0. The van der Waals surface area contributed by atoms with Gasteiger partial charge >= 0.3 is 0 Å². The summed E-state index contributed by atoms with van der Waals surface area (Å²) in [6.07, 6.45) is 1.35. The van der Waals surface area contributed by atoms with Crippen LogP contribution in [0, 0.1) is 5.92 Å². The predicted octanol–water partition coefficient (Wildman–Crippen LogP) is 1.24. The number of likely N-dealkylation sites (N-methyl/N-ethyl adjacent to an activating group) is 1. The van der Waals surface area contributed by atoms with Gasteiger partial charge in [0, 0.05) is 37.4 Å². The molecule has 1 N–H and O–H groups in total. The maximum Gasteiger partial charge on any atom is 0.251 e. The molecule has 0 bridgehead atoms. The van der Waals surface area contributed by atoms with E-state index in [4.69, 9.17) is 4.74 Å². The van der Waals surface area contributed by atoms with Crippen molar-refractivity contribution < 1.29 is 23.5 Å². The molecular weight excluding hydrogens is 439 g/mol. The zero-order valence-corrected chi connectivity index (χ0v) is 19.6. The van der Waals surface area contributed by atoms with Crippen LogP contribution < -0.4 is 10.2 Å². The van der Waals surface area contributed by atoms with Gasteiger partial charge in [0.05, 0.1) is 6.54 Å². The van der Waals surface area contributed by atoms with Gasteiger partial charge in [0.2, 0.25) is 5.91 Å². The van der Waals surface area contributed by atoms with Crippen LogP contribution in [0.1, 0.15) is 36.0 Å². The molecule has 0 unspecified atom stereocenters. The number of likely N-dealkylation sites (tertiary alicyclic amines) is 1. The van der Waals surface area contributed by atoms with Crippen LogP contribution in [0.15, 0.2) is 24.3 Å². The molecule has 1 saturated carbocycles. The third-order valence-electron chi connectivity index (χ3n) is 7.83. The second kappa shape index (κ2) is 9.62. The molecule has 8 nitrogen and oxygen atoms in total. The summed E-state index contributed by atoms with van der Waals surface area (Å²) in [4.78, 5) is 44.9. The average Bonchev–Trinajstić information content (AvgIpc) is 3.58. The molecule has 9 heteroatoms. The van der Waals surface area contributed by atoms with E-state index in [0.29, 0.717) is 5.56 Å². The zero-order chi connectivity index (χ0) is 23.8. The van der Waals surface area contributed by atoms with Gasteiger partial charge in [-0.3, -0.25) is 14.4 Å². The fraction of sp³-hybridized carbons (Fsp3) is 0.640. The minimum absolute atomic E-state index is 0.0180. The van der Waals surface area contributed by atoms with Gasteiger partial charge in [-0.25, -0.2) is 4.39 Å². The smallest absolute Gasteiger partial charge is 0.251 e. The number of piperazine rings is 1.